The lowest BCUT2D eigenvalue weighted by Crippen LogP contribution is -2.47. The molecule has 0 unspecified atom stereocenters. The molecule has 3 aromatic carbocycles. The van der Waals surface area contributed by atoms with E-state index >= 15 is 0 Å². The summed E-state index contributed by atoms with van der Waals surface area (Å²) in [6, 6.07) is 24.5. The maximum atomic E-state index is 12.3. The molecule has 1 aliphatic heterocycles. The number of carbonyl (C=O) groups is 1. The molecule has 0 atom stereocenters. The van der Waals surface area contributed by atoms with Gasteiger partial charge in [0.2, 0.25) is 0 Å². The molecule has 0 spiro atoms. The summed E-state index contributed by atoms with van der Waals surface area (Å²) in [6.07, 6.45) is 1.00. The summed E-state index contributed by atoms with van der Waals surface area (Å²) in [4.78, 5) is 17.3. The van der Waals surface area contributed by atoms with Crippen molar-refractivity contribution < 1.29 is 4.79 Å². The van der Waals surface area contributed by atoms with E-state index in [-0.39, 0.29) is 6.03 Å². The summed E-state index contributed by atoms with van der Waals surface area (Å²) in [5.74, 6) is 1.14. The van der Waals surface area contributed by atoms with Gasteiger partial charge < -0.3 is 15.5 Å². The first-order valence-electron chi connectivity index (χ1n) is 12.2. The highest BCUT2D eigenvalue weighted by atomic mass is 32.1. The van der Waals surface area contributed by atoms with E-state index < -0.39 is 0 Å². The molecule has 1 saturated heterocycles. The average Bonchev–Trinajstić information content (AvgIpc) is 3.33. The Labute approximate surface area is 210 Å². The fourth-order valence-corrected chi connectivity index (χ4v) is 5.33. The van der Waals surface area contributed by atoms with Crippen molar-refractivity contribution >= 4 is 39.2 Å². The molecule has 1 aliphatic rings. The average molecular weight is 486 g/mol. The first-order valence-corrected chi connectivity index (χ1v) is 12.9. The van der Waals surface area contributed by atoms with Crippen LogP contribution < -0.4 is 15.5 Å². The van der Waals surface area contributed by atoms with Gasteiger partial charge in [-0.3, -0.25) is 4.90 Å². The Bertz CT molecular complexity index is 1280. The highest BCUT2D eigenvalue weighted by Crippen LogP contribution is 2.29. The van der Waals surface area contributed by atoms with E-state index in [0.717, 1.165) is 61.8 Å². The summed E-state index contributed by atoms with van der Waals surface area (Å²) in [5.41, 5.74) is 4.31. The van der Waals surface area contributed by atoms with Crippen molar-refractivity contribution in [2.75, 3.05) is 42.9 Å². The van der Waals surface area contributed by atoms with Crippen LogP contribution in [0.4, 0.5) is 16.3 Å². The van der Waals surface area contributed by atoms with Crippen molar-refractivity contribution in [2.24, 2.45) is 0 Å². The van der Waals surface area contributed by atoms with Crippen molar-refractivity contribution in [1.82, 2.24) is 14.6 Å². The van der Waals surface area contributed by atoms with Gasteiger partial charge in [-0.1, -0.05) is 54.6 Å². The topological polar surface area (TPSA) is 60.5 Å². The van der Waals surface area contributed by atoms with Crippen molar-refractivity contribution in [1.29, 1.82) is 0 Å². The molecule has 35 heavy (non-hydrogen) atoms. The Hall–Kier alpha value is -3.42. The molecule has 2 amide bonds. The van der Waals surface area contributed by atoms with E-state index in [2.05, 4.69) is 56.8 Å². The molecule has 0 saturated carbocycles. The van der Waals surface area contributed by atoms with Crippen LogP contribution in [0.25, 0.3) is 10.1 Å². The van der Waals surface area contributed by atoms with Crippen LogP contribution in [0.2, 0.25) is 0 Å². The van der Waals surface area contributed by atoms with Gasteiger partial charge in [-0.25, -0.2) is 4.79 Å². The number of aromatic nitrogens is 1. The lowest BCUT2D eigenvalue weighted by molar-refractivity contribution is 0.251. The fraction of sp³-hybridized carbons (Fsp3) is 0.286. The quantitative estimate of drug-likeness (QED) is 0.373. The molecule has 7 heteroatoms. The third kappa shape index (κ3) is 5.81. The molecule has 5 rings (SSSR count). The standard InChI is InChI=1S/C28H31N5OS/c1-21-19-22(11-12-25(21)30-28(34)29-20-23-7-3-2-4-8-23)13-14-32-15-17-33(18-16-32)27-24-9-5-6-10-26(24)35-31-27/h2-12,19H,13-18,20H2,1H3,(H2,29,30,34). The van der Waals surface area contributed by atoms with Gasteiger partial charge in [0, 0.05) is 50.3 Å². The van der Waals surface area contributed by atoms with E-state index in [1.165, 1.54) is 15.6 Å². The normalized spacial score (nSPS) is 14.3. The molecular formula is C28H31N5OS. The second-order valence-corrected chi connectivity index (χ2v) is 9.83. The number of carbonyl (C=O) groups excluding carboxylic acids is 1. The zero-order valence-electron chi connectivity index (χ0n) is 20.0. The first-order chi connectivity index (χ1) is 17.2. The summed E-state index contributed by atoms with van der Waals surface area (Å²) >= 11 is 1.59. The van der Waals surface area contributed by atoms with Gasteiger partial charge in [0.15, 0.2) is 0 Å². The van der Waals surface area contributed by atoms with Gasteiger partial charge in [-0.05, 0) is 59.8 Å². The van der Waals surface area contributed by atoms with Crippen LogP contribution in [0, 0.1) is 6.92 Å². The van der Waals surface area contributed by atoms with Crippen LogP contribution in [0.3, 0.4) is 0 Å². The van der Waals surface area contributed by atoms with Crippen LogP contribution in [-0.4, -0.2) is 48.0 Å². The van der Waals surface area contributed by atoms with Crippen LogP contribution in [-0.2, 0) is 13.0 Å². The Morgan fingerprint density at radius 3 is 2.51 bits per heavy atom. The molecule has 0 aliphatic carbocycles. The third-order valence-electron chi connectivity index (χ3n) is 6.58. The summed E-state index contributed by atoms with van der Waals surface area (Å²) in [7, 11) is 0. The van der Waals surface area contributed by atoms with Gasteiger partial charge in [0.1, 0.15) is 5.82 Å². The van der Waals surface area contributed by atoms with Gasteiger partial charge in [0.05, 0.1) is 4.70 Å². The molecule has 2 heterocycles. The number of fused-ring (bicyclic) bond motifs is 1. The van der Waals surface area contributed by atoms with Gasteiger partial charge in [-0.15, -0.1) is 0 Å². The highest BCUT2D eigenvalue weighted by Gasteiger charge is 2.20. The van der Waals surface area contributed by atoms with Crippen molar-refractivity contribution in [3.8, 4) is 0 Å². The van der Waals surface area contributed by atoms with Crippen molar-refractivity contribution in [3.05, 3.63) is 89.5 Å². The first kappa shape index (κ1) is 23.3. The number of nitrogens with zero attached hydrogens (tertiary/aromatic N) is 3. The number of piperazine rings is 1. The predicted molar refractivity (Wildman–Crippen MR) is 145 cm³/mol. The van der Waals surface area contributed by atoms with Crippen molar-refractivity contribution in [3.63, 3.8) is 0 Å². The number of rotatable bonds is 7. The summed E-state index contributed by atoms with van der Waals surface area (Å²) < 4.78 is 5.97. The number of hydrogen-bond acceptors (Lipinski definition) is 5. The minimum Gasteiger partial charge on any atom is -0.353 e. The molecule has 180 valence electrons. The van der Waals surface area contributed by atoms with E-state index in [0.29, 0.717) is 6.54 Å². The largest absolute Gasteiger partial charge is 0.353 e. The van der Waals surface area contributed by atoms with E-state index in [4.69, 9.17) is 4.37 Å². The number of amides is 2. The molecule has 2 N–H and O–H groups in total. The Morgan fingerprint density at radius 1 is 0.943 bits per heavy atom. The minimum atomic E-state index is -0.185. The Morgan fingerprint density at radius 2 is 1.71 bits per heavy atom. The monoisotopic (exact) mass is 485 g/mol. The van der Waals surface area contributed by atoms with E-state index in [1.807, 2.05) is 43.3 Å². The number of benzene rings is 3. The number of anilines is 2. The van der Waals surface area contributed by atoms with Crippen molar-refractivity contribution in [2.45, 2.75) is 19.9 Å². The zero-order chi connectivity index (χ0) is 24.0. The molecule has 6 nitrogen and oxygen atoms in total. The molecule has 1 fully saturated rings. The number of urea groups is 1. The molecule has 4 aromatic rings. The highest BCUT2D eigenvalue weighted by molar-refractivity contribution is 7.13. The lowest BCUT2D eigenvalue weighted by atomic mass is 10.1. The maximum absolute atomic E-state index is 12.3. The Kier molecular flexibility index (Phi) is 7.25. The SMILES string of the molecule is Cc1cc(CCN2CCN(c3nsc4ccccc34)CC2)ccc1NC(=O)NCc1ccccc1. The fourth-order valence-electron chi connectivity index (χ4n) is 4.54. The maximum Gasteiger partial charge on any atom is 0.319 e. The number of nitrogens with one attached hydrogen (secondary N) is 2. The van der Waals surface area contributed by atoms with Gasteiger partial charge >= 0.3 is 6.03 Å². The molecular weight excluding hydrogens is 454 g/mol. The summed E-state index contributed by atoms with van der Waals surface area (Å²) in [5, 5.41) is 7.16. The van der Waals surface area contributed by atoms with E-state index in [1.54, 1.807) is 11.5 Å². The van der Waals surface area contributed by atoms with Crippen LogP contribution in [0.1, 0.15) is 16.7 Å². The van der Waals surface area contributed by atoms with E-state index in [9.17, 15) is 4.79 Å². The minimum absolute atomic E-state index is 0.185. The predicted octanol–water partition coefficient (Wildman–Crippen LogP) is 5.29. The smallest absolute Gasteiger partial charge is 0.319 e. The second-order valence-electron chi connectivity index (χ2n) is 9.02. The molecule has 1 aromatic heterocycles. The zero-order valence-corrected chi connectivity index (χ0v) is 20.9. The van der Waals surface area contributed by atoms with Gasteiger partial charge in [0.25, 0.3) is 0 Å². The van der Waals surface area contributed by atoms with Crippen LogP contribution >= 0.6 is 11.5 Å². The second kappa shape index (κ2) is 10.9. The summed E-state index contributed by atoms with van der Waals surface area (Å²) in [6.45, 7) is 7.71. The number of hydrogen-bond donors (Lipinski definition) is 2. The molecule has 0 bridgehead atoms. The van der Waals surface area contributed by atoms with Gasteiger partial charge in [-0.2, -0.15) is 4.37 Å². The Balaban J connectivity index is 1.08. The third-order valence-corrected chi connectivity index (χ3v) is 7.40. The lowest BCUT2D eigenvalue weighted by Gasteiger charge is -2.35. The van der Waals surface area contributed by atoms with Crippen LogP contribution in [0.15, 0.2) is 72.8 Å². The molecule has 0 radical (unpaired) electrons. The number of aryl methyl sites for hydroxylation is 1. The van der Waals surface area contributed by atoms with Crippen LogP contribution in [0.5, 0.6) is 0 Å².